The highest BCUT2D eigenvalue weighted by Crippen LogP contribution is 2.25. The third kappa shape index (κ3) is 4.13. The maximum absolute atomic E-state index is 12.3. The molecule has 0 spiro atoms. The number of benzene rings is 1. The van der Waals surface area contributed by atoms with E-state index in [9.17, 15) is 9.90 Å². The fourth-order valence-corrected chi connectivity index (χ4v) is 1.84. The van der Waals surface area contributed by atoms with Crippen LogP contribution in [0.4, 0.5) is 0 Å². The van der Waals surface area contributed by atoms with Crippen LogP contribution < -0.4 is 9.47 Å². The molecule has 5 heteroatoms. The summed E-state index contributed by atoms with van der Waals surface area (Å²) in [4.78, 5) is 13.8. The Morgan fingerprint density at radius 2 is 1.95 bits per heavy atom. The molecule has 106 valence electrons. The van der Waals surface area contributed by atoms with Gasteiger partial charge in [0.25, 0.3) is 5.91 Å². The van der Waals surface area contributed by atoms with Gasteiger partial charge < -0.3 is 19.5 Å². The minimum Gasteiger partial charge on any atom is -0.497 e. The first kappa shape index (κ1) is 15.3. The molecule has 1 N–H and O–H groups in total. The molecule has 0 heterocycles. The molecule has 0 aliphatic heterocycles. The molecular formula is C14H21NO4. The molecule has 1 aromatic rings. The summed E-state index contributed by atoms with van der Waals surface area (Å²) in [5.74, 6) is 0.840. The first-order valence-corrected chi connectivity index (χ1v) is 5.98. The van der Waals surface area contributed by atoms with Crippen LogP contribution in [0, 0.1) is 0 Å². The number of carbonyl (C=O) groups excluding carboxylic acids is 1. The SMILES string of the molecule is COc1ccc(OC)c(C(=O)N(C)CC(C)(C)O)c1. The largest absolute Gasteiger partial charge is 0.497 e. The number of rotatable bonds is 5. The molecule has 5 nitrogen and oxygen atoms in total. The number of aliphatic hydroxyl groups is 1. The summed E-state index contributed by atoms with van der Waals surface area (Å²) < 4.78 is 10.3. The van der Waals surface area contributed by atoms with Crippen molar-refractivity contribution in [3.8, 4) is 11.5 Å². The van der Waals surface area contributed by atoms with Crippen molar-refractivity contribution < 1.29 is 19.4 Å². The number of methoxy groups -OCH3 is 2. The average Bonchev–Trinajstić information content (AvgIpc) is 2.35. The van der Waals surface area contributed by atoms with Crippen molar-refractivity contribution in [2.45, 2.75) is 19.4 Å². The Hall–Kier alpha value is -1.75. The molecular weight excluding hydrogens is 246 g/mol. The van der Waals surface area contributed by atoms with Crippen molar-refractivity contribution in [1.29, 1.82) is 0 Å². The topological polar surface area (TPSA) is 59.0 Å². The Kier molecular flexibility index (Phi) is 4.78. The van der Waals surface area contributed by atoms with Crippen LogP contribution in [0.5, 0.6) is 11.5 Å². The lowest BCUT2D eigenvalue weighted by Crippen LogP contribution is -2.39. The summed E-state index contributed by atoms with van der Waals surface area (Å²) in [6, 6.07) is 5.04. The smallest absolute Gasteiger partial charge is 0.257 e. The number of nitrogens with zero attached hydrogens (tertiary/aromatic N) is 1. The fourth-order valence-electron chi connectivity index (χ4n) is 1.84. The van der Waals surface area contributed by atoms with Crippen LogP contribution in [0.25, 0.3) is 0 Å². The molecule has 0 radical (unpaired) electrons. The van der Waals surface area contributed by atoms with Crippen molar-refractivity contribution in [2.75, 3.05) is 27.8 Å². The predicted molar refractivity (Wildman–Crippen MR) is 72.8 cm³/mol. The fraction of sp³-hybridized carbons (Fsp3) is 0.500. The third-order valence-electron chi connectivity index (χ3n) is 2.61. The van der Waals surface area contributed by atoms with E-state index in [1.165, 1.54) is 19.1 Å². The zero-order valence-electron chi connectivity index (χ0n) is 12.1. The lowest BCUT2D eigenvalue weighted by molar-refractivity contribution is 0.0366. The molecule has 1 rings (SSSR count). The van der Waals surface area contributed by atoms with Crippen LogP contribution in [0.2, 0.25) is 0 Å². The number of carbonyl (C=O) groups is 1. The summed E-state index contributed by atoms with van der Waals surface area (Å²) in [6.07, 6.45) is 0. The van der Waals surface area contributed by atoms with Gasteiger partial charge in [-0.1, -0.05) is 0 Å². The minimum absolute atomic E-state index is 0.224. The Labute approximate surface area is 113 Å². The molecule has 0 unspecified atom stereocenters. The second kappa shape index (κ2) is 5.93. The predicted octanol–water partition coefficient (Wildman–Crippen LogP) is 1.55. The van der Waals surface area contributed by atoms with Gasteiger partial charge >= 0.3 is 0 Å². The van der Waals surface area contributed by atoms with Crippen LogP contribution in [-0.4, -0.2) is 49.3 Å². The van der Waals surface area contributed by atoms with Gasteiger partial charge in [-0.25, -0.2) is 0 Å². The highest BCUT2D eigenvalue weighted by molar-refractivity contribution is 5.97. The van der Waals surface area contributed by atoms with Gasteiger partial charge in [0, 0.05) is 13.6 Å². The quantitative estimate of drug-likeness (QED) is 0.879. The van der Waals surface area contributed by atoms with Crippen molar-refractivity contribution in [3.63, 3.8) is 0 Å². The van der Waals surface area contributed by atoms with Crippen LogP contribution in [0.1, 0.15) is 24.2 Å². The van der Waals surface area contributed by atoms with E-state index >= 15 is 0 Å². The van der Waals surface area contributed by atoms with Crippen molar-refractivity contribution in [1.82, 2.24) is 4.90 Å². The molecule has 0 saturated heterocycles. The van der Waals surface area contributed by atoms with E-state index in [0.29, 0.717) is 17.1 Å². The zero-order valence-corrected chi connectivity index (χ0v) is 12.1. The van der Waals surface area contributed by atoms with Gasteiger partial charge in [0.1, 0.15) is 11.5 Å². The summed E-state index contributed by atoms with van der Waals surface area (Å²) >= 11 is 0. The molecule has 0 fully saturated rings. The number of ether oxygens (including phenoxy) is 2. The molecule has 0 saturated carbocycles. The van der Waals surface area contributed by atoms with Gasteiger partial charge in [0.15, 0.2) is 0 Å². The number of likely N-dealkylation sites (N-methyl/N-ethyl adjacent to an activating group) is 1. The number of hydrogen-bond acceptors (Lipinski definition) is 4. The van der Waals surface area contributed by atoms with E-state index in [1.807, 2.05) is 0 Å². The lowest BCUT2D eigenvalue weighted by Gasteiger charge is -2.26. The van der Waals surface area contributed by atoms with E-state index < -0.39 is 5.60 Å². The standard InChI is InChI=1S/C14H21NO4/c1-14(2,17)9-15(3)13(16)11-8-10(18-4)6-7-12(11)19-5/h6-8,17H,9H2,1-5H3. The summed E-state index contributed by atoms with van der Waals surface area (Å²) in [5, 5.41) is 9.76. The third-order valence-corrected chi connectivity index (χ3v) is 2.61. The molecule has 0 bridgehead atoms. The summed E-state index contributed by atoms with van der Waals surface area (Å²) in [6.45, 7) is 3.53. The highest BCUT2D eigenvalue weighted by atomic mass is 16.5. The Bertz CT molecular complexity index is 451. The van der Waals surface area contributed by atoms with Gasteiger partial charge in [0.05, 0.1) is 25.4 Å². The van der Waals surface area contributed by atoms with Gasteiger partial charge in [0.2, 0.25) is 0 Å². The molecule has 0 aromatic heterocycles. The second-order valence-corrected chi connectivity index (χ2v) is 5.04. The van der Waals surface area contributed by atoms with Gasteiger partial charge in [-0.05, 0) is 32.0 Å². The lowest BCUT2D eigenvalue weighted by atomic mass is 10.1. The molecule has 1 amide bonds. The van der Waals surface area contributed by atoms with Crippen LogP contribution in [0.3, 0.4) is 0 Å². The Morgan fingerprint density at radius 3 is 2.42 bits per heavy atom. The van der Waals surface area contributed by atoms with E-state index in [0.717, 1.165) is 0 Å². The molecule has 0 aliphatic carbocycles. The normalized spacial score (nSPS) is 11.1. The average molecular weight is 267 g/mol. The zero-order chi connectivity index (χ0) is 14.6. The van der Waals surface area contributed by atoms with Crippen LogP contribution in [-0.2, 0) is 0 Å². The monoisotopic (exact) mass is 267 g/mol. The molecule has 0 aliphatic rings. The minimum atomic E-state index is -0.948. The summed E-state index contributed by atoms with van der Waals surface area (Å²) in [5.41, 5.74) is -0.537. The first-order valence-electron chi connectivity index (χ1n) is 5.98. The first-order chi connectivity index (χ1) is 8.78. The van der Waals surface area contributed by atoms with Crippen molar-refractivity contribution in [2.24, 2.45) is 0 Å². The van der Waals surface area contributed by atoms with E-state index in [2.05, 4.69) is 0 Å². The van der Waals surface area contributed by atoms with E-state index in [-0.39, 0.29) is 12.5 Å². The number of hydrogen-bond donors (Lipinski definition) is 1. The Morgan fingerprint density at radius 1 is 1.32 bits per heavy atom. The van der Waals surface area contributed by atoms with Crippen LogP contribution in [0.15, 0.2) is 18.2 Å². The molecule has 19 heavy (non-hydrogen) atoms. The number of amides is 1. The van der Waals surface area contributed by atoms with Crippen LogP contribution >= 0.6 is 0 Å². The second-order valence-electron chi connectivity index (χ2n) is 5.04. The van der Waals surface area contributed by atoms with Crippen molar-refractivity contribution in [3.05, 3.63) is 23.8 Å². The maximum atomic E-state index is 12.3. The van der Waals surface area contributed by atoms with Gasteiger partial charge in [-0.2, -0.15) is 0 Å². The van der Waals surface area contributed by atoms with E-state index in [4.69, 9.17) is 9.47 Å². The van der Waals surface area contributed by atoms with E-state index in [1.54, 1.807) is 39.1 Å². The van der Waals surface area contributed by atoms with Crippen molar-refractivity contribution >= 4 is 5.91 Å². The maximum Gasteiger partial charge on any atom is 0.257 e. The molecule has 1 aromatic carbocycles. The summed E-state index contributed by atoms with van der Waals surface area (Å²) in [7, 11) is 4.68. The highest BCUT2D eigenvalue weighted by Gasteiger charge is 2.23. The molecule has 0 atom stereocenters. The van der Waals surface area contributed by atoms with Gasteiger partial charge in [-0.15, -0.1) is 0 Å². The Balaban J connectivity index is 3.03. The van der Waals surface area contributed by atoms with Gasteiger partial charge in [-0.3, -0.25) is 4.79 Å².